The summed E-state index contributed by atoms with van der Waals surface area (Å²) in [5.41, 5.74) is 21.1. The van der Waals surface area contributed by atoms with Gasteiger partial charge < -0.3 is 9.80 Å². The zero-order valence-electron chi connectivity index (χ0n) is 37.1. The summed E-state index contributed by atoms with van der Waals surface area (Å²) in [5, 5.41) is 0. The van der Waals surface area contributed by atoms with Crippen LogP contribution in [0.15, 0.2) is 255 Å². The van der Waals surface area contributed by atoms with Gasteiger partial charge in [0.05, 0.1) is 5.41 Å². The number of rotatable bonds is 9. The molecule has 0 bridgehead atoms. The number of nitrogens with zero attached hydrogens (tertiary/aromatic N) is 2. The summed E-state index contributed by atoms with van der Waals surface area (Å²) in [6.45, 7) is 4.73. The first kappa shape index (κ1) is 39.4. The molecule has 0 N–H and O–H groups in total. The minimum absolute atomic E-state index is 0.146. The largest absolute Gasteiger partial charge is 0.310 e. The van der Waals surface area contributed by atoms with Gasteiger partial charge in [0.2, 0.25) is 0 Å². The normalized spacial score (nSPS) is 13.5. The Morgan fingerprint density at radius 1 is 0.258 bits per heavy atom. The molecule has 0 saturated heterocycles. The molecule has 10 aromatic rings. The van der Waals surface area contributed by atoms with Crippen LogP contribution in [0.3, 0.4) is 0 Å². The molecule has 2 nitrogen and oxygen atoms in total. The molecule has 314 valence electrons. The van der Waals surface area contributed by atoms with Crippen LogP contribution in [-0.4, -0.2) is 0 Å². The van der Waals surface area contributed by atoms with Crippen molar-refractivity contribution in [3.05, 3.63) is 288 Å². The smallest absolute Gasteiger partial charge is 0.0715 e. The Labute approximate surface area is 388 Å². The summed E-state index contributed by atoms with van der Waals surface area (Å²) in [4.78, 5) is 4.83. The van der Waals surface area contributed by atoms with Crippen LogP contribution < -0.4 is 9.80 Å². The van der Waals surface area contributed by atoms with Gasteiger partial charge in [0.15, 0.2) is 0 Å². The van der Waals surface area contributed by atoms with Crippen LogP contribution in [0.2, 0.25) is 0 Å². The van der Waals surface area contributed by atoms with E-state index in [1.165, 1.54) is 66.8 Å². The second-order valence-electron chi connectivity index (χ2n) is 18.1. The Balaban J connectivity index is 1.08. The van der Waals surface area contributed by atoms with Crippen LogP contribution in [0.5, 0.6) is 0 Å². The lowest BCUT2D eigenvalue weighted by molar-refractivity contribution is 0.660. The van der Waals surface area contributed by atoms with E-state index < -0.39 is 5.41 Å². The topological polar surface area (TPSA) is 6.48 Å². The van der Waals surface area contributed by atoms with E-state index in [0.29, 0.717) is 0 Å². The summed E-state index contributed by atoms with van der Waals surface area (Å²) in [5.74, 6) is 0. The molecule has 0 heterocycles. The van der Waals surface area contributed by atoms with E-state index in [0.717, 1.165) is 34.1 Å². The molecule has 0 unspecified atom stereocenters. The first-order valence-corrected chi connectivity index (χ1v) is 23.0. The van der Waals surface area contributed by atoms with Crippen LogP contribution in [0.1, 0.15) is 47.2 Å². The van der Waals surface area contributed by atoms with E-state index in [9.17, 15) is 0 Å². The summed E-state index contributed by atoms with van der Waals surface area (Å²) in [7, 11) is 0. The number of hydrogen-bond acceptors (Lipinski definition) is 2. The van der Waals surface area contributed by atoms with Gasteiger partial charge in [0.1, 0.15) is 0 Å². The van der Waals surface area contributed by atoms with Gasteiger partial charge in [0.25, 0.3) is 0 Å². The van der Waals surface area contributed by atoms with Gasteiger partial charge in [-0.2, -0.15) is 0 Å². The van der Waals surface area contributed by atoms with E-state index in [4.69, 9.17) is 0 Å². The van der Waals surface area contributed by atoms with Crippen LogP contribution in [0, 0.1) is 0 Å². The molecule has 10 aromatic carbocycles. The molecule has 2 aliphatic rings. The Hall–Kier alpha value is -8.20. The average Bonchev–Trinajstić information content (AvgIpc) is 3.81. The van der Waals surface area contributed by atoms with Crippen molar-refractivity contribution in [2.75, 3.05) is 9.80 Å². The fourth-order valence-corrected chi connectivity index (χ4v) is 11.1. The Bertz CT molecular complexity index is 3300. The highest BCUT2D eigenvalue weighted by atomic mass is 15.1. The van der Waals surface area contributed by atoms with Crippen molar-refractivity contribution in [3.63, 3.8) is 0 Å². The minimum Gasteiger partial charge on any atom is -0.310 e. The highest BCUT2D eigenvalue weighted by Crippen LogP contribution is 2.58. The fourth-order valence-electron chi connectivity index (χ4n) is 11.1. The summed E-state index contributed by atoms with van der Waals surface area (Å²) in [6.07, 6.45) is 0. The van der Waals surface area contributed by atoms with Crippen LogP contribution in [-0.2, 0) is 10.8 Å². The predicted molar refractivity (Wildman–Crippen MR) is 276 cm³/mol. The molecule has 0 aromatic heterocycles. The highest BCUT2D eigenvalue weighted by molar-refractivity contribution is 5.90. The molecule has 0 amide bonds. The van der Waals surface area contributed by atoms with Crippen molar-refractivity contribution >= 4 is 34.1 Å². The van der Waals surface area contributed by atoms with Gasteiger partial charge in [-0.05, 0) is 140 Å². The minimum atomic E-state index is -0.636. The zero-order valence-corrected chi connectivity index (χ0v) is 37.1. The van der Waals surface area contributed by atoms with E-state index in [2.05, 4.69) is 278 Å². The molecule has 0 aliphatic heterocycles. The number of anilines is 6. The van der Waals surface area contributed by atoms with Crippen molar-refractivity contribution in [3.8, 4) is 33.4 Å². The molecule has 66 heavy (non-hydrogen) atoms. The van der Waals surface area contributed by atoms with E-state index >= 15 is 0 Å². The van der Waals surface area contributed by atoms with Crippen molar-refractivity contribution < 1.29 is 0 Å². The molecule has 0 atom stereocenters. The van der Waals surface area contributed by atoms with Gasteiger partial charge in [-0.3, -0.25) is 0 Å². The van der Waals surface area contributed by atoms with Crippen molar-refractivity contribution in [1.29, 1.82) is 0 Å². The Kier molecular flexibility index (Phi) is 9.43. The standard InChI is InChI=1S/C64H48N2/c1-63(2)59-33-15-12-30-55(59)58-41-40-54(44-62(58)63)66(51-38-36-46(37-39-51)45-20-6-3-7-21-45)53-29-19-23-48(43-53)64(60-34-16-13-31-56(60)57-32-14-17-35-61(57)64)47-22-18-28-52(42-47)65(49-24-8-4-9-25-49)50-26-10-5-11-27-50/h3-44H,1-2H3. The van der Waals surface area contributed by atoms with Crippen molar-refractivity contribution in [2.24, 2.45) is 0 Å². The monoisotopic (exact) mass is 844 g/mol. The maximum atomic E-state index is 2.46. The van der Waals surface area contributed by atoms with Crippen LogP contribution in [0.4, 0.5) is 34.1 Å². The average molecular weight is 845 g/mol. The second-order valence-corrected chi connectivity index (χ2v) is 18.1. The third kappa shape index (κ3) is 6.25. The number of benzene rings is 10. The third-order valence-corrected chi connectivity index (χ3v) is 14.1. The first-order valence-electron chi connectivity index (χ1n) is 23.0. The highest BCUT2D eigenvalue weighted by Gasteiger charge is 2.46. The van der Waals surface area contributed by atoms with E-state index in [-0.39, 0.29) is 5.41 Å². The number of fused-ring (bicyclic) bond motifs is 6. The van der Waals surface area contributed by atoms with Gasteiger partial charge in [-0.25, -0.2) is 0 Å². The molecule has 12 rings (SSSR count). The molecule has 0 radical (unpaired) electrons. The third-order valence-electron chi connectivity index (χ3n) is 14.1. The Morgan fingerprint density at radius 3 is 1.17 bits per heavy atom. The van der Waals surface area contributed by atoms with Crippen molar-refractivity contribution in [1.82, 2.24) is 0 Å². The van der Waals surface area contributed by atoms with Gasteiger partial charge >= 0.3 is 0 Å². The number of hydrogen-bond donors (Lipinski definition) is 0. The molecule has 2 heteroatoms. The molecule has 0 fully saturated rings. The lowest BCUT2D eigenvalue weighted by atomic mass is 9.67. The Morgan fingerprint density at radius 2 is 0.621 bits per heavy atom. The van der Waals surface area contributed by atoms with Gasteiger partial charge in [-0.1, -0.05) is 196 Å². The van der Waals surface area contributed by atoms with Gasteiger partial charge in [0, 0.05) is 39.5 Å². The lowest BCUT2D eigenvalue weighted by Gasteiger charge is -2.36. The SMILES string of the molecule is CC1(C)c2ccccc2-c2ccc(N(c3ccc(-c4ccccc4)cc3)c3cccc(C4(c5cccc(N(c6ccccc6)c6ccccc6)c5)c5ccccc5-c5ccccc54)c3)cc21. The first-order chi connectivity index (χ1) is 32.5. The molecular formula is C64H48N2. The number of para-hydroxylation sites is 2. The maximum absolute atomic E-state index is 2.46. The van der Waals surface area contributed by atoms with Gasteiger partial charge in [-0.15, -0.1) is 0 Å². The summed E-state index contributed by atoms with van der Waals surface area (Å²) in [6, 6.07) is 93.8. The van der Waals surface area contributed by atoms with E-state index in [1.807, 2.05) is 0 Å². The fraction of sp³-hybridized carbons (Fsp3) is 0.0625. The molecule has 0 saturated carbocycles. The summed E-state index contributed by atoms with van der Waals surface area (Å²) >= 11 is 0. The van der Waals surface area contributed by atoms with Crippen molar-refractivity contribution in [2.45, 2.75) is 24.7 Å². The molecule has 2 aliphatic carbocycles. The van der Waals surface area contributed by atoms with Crippen LogP contribution in [0.25, 0.3) is 33.4 Å². The quantitative estimate of drug-likeness (QED) is 0.143. The molecular weight excluding hydrogens is 797 g/mol. The summed E-state index contributed by atoms with van der Waals surface area (Å²) < 4.78 is 0. The second kappa shape index (κ2) is 15.8. The van der Waals surface area contributed by atoms with E-state index in [1.54, 1.807) is 0 Å². The van der Waals surface area contributed by atoms with Crippen LogP contribution >= 0.6 is 0 Å². The molecule has 0 spiro atoms. The zero-order chi connectivity index (χ0) is 44.2. The maximum Gasteiger partial charge on any atom is 0.0715 e. The predicted octanol–water partition coefficient (Wildman–Crippen LogP) is 17.0. The lowest BCUT2D eigenvalue weighted by Crippen LogP contribution is -2.29.